The van der Waals surface area contributed by atoms with E-state index in [1.807, 2.05) is 0 Å². The van der Waals surface area contributed by atoms with Crippen molar-refractivity contribution in [3.8, 4) is 0 Å². The standard InChI is InChI=1S/C17H31NO11/c1-7(21)12(15(25)26)27-16(9(23)5-19)28-13-11(24)10(6-20)29-17(3,4)14(13)18-8(2)22/h7,9-14,16,19-21,23-24H,5-6H2,1-4H3,(H,18,22)(H,25,26)/t7-,9-,10?,11?,12?,13?,14-,16?/m0/s1. The van der Waals surface area contributed by atoms with Gasteiger partial charge in [-0.3, -0.25) is 4.79 Å². The number of rotatable bonds is 10. The zero-order valence-electron chi connectivity index (χ0n) is 16.8. The molecule has 1 rings (SSSR count). The quantitative estimate of drug-likeness (QED) is 0.176. The number of aliphatic hydroxyl groups is 5. The summed E-state index contributed by atoms with van der Waals surface area (Å²) in [5.74, 6) is -2.03. The van der Waals surface area contributed by atoms with Crippen molar-refractivity contribution in [2.24, 2.45) is 0 Å². The largest absolute Gasteiger partial charge is 0.479 e. The topological polar surface area (TPSA) is 195 Å². The minimum absolute atomic E-state index is 0.484. The highest BCUT2D eigenvalue weighted by Gasteiger charge is 2.52. The Morgan fingerprint density at radius 3 is 2.24 bits per heavy atom. The lowest BCUT2D eigenvalue weighted by molar-refractivity contribution is -0.302. The van der Waals surface area contributed by atoms with Crippen LogP contribution in [0.15, 0.2) is 0 Å². The van der Waals surface area contributed by atoms with Gasteiger partial charge in [-0.05, 0) is 20.8 Å². The van der Waals surface area contributed by atoms with E-state index in [1.54, 1.807) is 13.8 Å². The predicted molar refractivity (Wildman–Crippen MR) is 95.6 cm³/mol. The third-order valence-electron chi connectivity index (χ3n) is 4.54. The number of carboxylic acid groups (broad SMARTS) is 1. The molecule has 0 saturated carbocycles. The predicted octanol–water partition coefficient (Wildman–Crippen LogP) is -3.06. The molecule has 1 fully saturated rings. The first-order valence-electron chi connectivity index (χ1n) is 9.10. The normalized spacial score (nSPS) is 30.8. The van der Waals surface area contributed by atoms with Crippen molar-refractivity contribution < 1.29 is 54.4 Å². The first-order chi connectivity index (χ1) is 13.3. The highest BCUT2D eigenvalue weighted by atomic mass is 16.7. The summed E-state index contributed by atoms with van der Waals surface area (Å²) >= 11 is 0. The van der Waals surface area contributed by atoms with Crippen LogP contribution in [0.4, 0.5) is 0 Å². The Kier molecular flexibility index (Phi) is 9.37. The van der Waals surface area contributed by atoms with Crippen molar-refractivity contribution in [1.82, 2.24) is 5.32 Å². The molecule has 0 aromatic carbocycles. The lowest BCUT2D eigenvalue weighted by Gasteiger charge is -2.50. The van der Waals surface area contributed by atoms with E-state index in [0.29, 0.717) is 0 Å². The molecule has 0 aromatic heterocycles. The van der Waals surface area contributed by atoms with Crippen molar-refractivity contribution >= 4 is 11.9 Å². The second-order valence-corrected chi connectivity index (χ2v) is 7.47. The van der Waals surface area contributed by atoms with E-state index in [2.05, 4.69) is 5.32 Å². The fourth-order valence-corrected chi connectivity index (χ4v) is 3.09. The number of hydrogen-bond acceptors (Lipinski definition) is 10. The molecule has 1 saturated heterocycles. The summed E-state index contributed by atoms with van der Waals surface area (Å²) in [6.07, 6.45) is -10.8. The van der Waals surface area contributed by atoms with Crippen molar-refractivity contribution in [2.75, 3.05) is 13.2 Å². The van der Waals surface area contributed by atoms with Crippen LogP contribution in [0, 0.1) is 0 Å². The number of carbonyl (C=O) groups is 2. The molecule has 0 bridgehead atoms. The number of aliphatic carboxylic acids is 1. The van der Waals surface area contributed by atoms with Crippen LogP contribution in [-0.4, -0.2) is 110 Å². The molecule has 1 aliphatic heterocycles. The third kappa shape index (κ3) is 6.55. The number of nitrogens with one attached hydrogen (secondary N) is 1. The minimum atomic E-state index is -1.81. The van der Waals surface area contributed by atoms with Crippen molar-refractivity contribution in [1.29, 1.82) is 0 Å². The maximum Gasteiger partial charge on any atom is 0.335 e. The summed E-state index contributed by atoms with van der Waals surface area (Å²) in [4.78, 5) is 23.0. The van der Waals surface area contributed by atoms with E-state index >= 15 is 0 Å². The Morgan fingerprint density at radius 2 is 1.83 bits per heavy atom. The van der Waals surface area contributed by atoms with E-state index in [1.165, 1.54) is 6.92 Å². The summed E-state index contributed by atoms with van der Waals surface area (Å²) in [5.41, 5.74) is -1.14. The monoisotopic (exact) mass is 425 g/mol. The lowest BCUT2D eigenvalue weighted by atomic mass is 9.84. The van der Waals surface area contributed by atoms with Gasteiger partial charge in [-0.15, -0.1) is 0 Å². The summed E-state index contributed by atoms with van der Waals surface area (Å²) < 4.78 is 16.4. The number of hydrogen-bond donors (Lipinski definition) is 7. The number of carbonyl (C=O) groups excluding carboxylic acids is 1. The molecule has 5 unspecified atom stereocenters. The molecule has 0 aromatic rings. The smallest absolute Gasteiger partial charge is 0.335 e. The number of carboxylic acids is 1. The van der Waals surface area contributed by atoms with E-state index in [0.717, 1.165) is 6.92 Å². The molecule has 1 aliphatic rings. The average Bonchev–Trinajstić information content (AvgIpc) is 2.61. The van der Waals surface area contributed by atoms with Gasteiger partial charge < -0.3 is 50.2 Å². The maximum atomic E-state index is 11.7. The zero-order valence-corrected chi connectivity index (χ0v) is 16.8. The van der Waals surface area contributed by atoms with Crippen LogP contribution < -0.4 is 5.32 Å². The van der Waals surface area contributed by atoms with Crippen LogP contribution in [-0.2, 0) is 23.8 Å². The summed E-state index contributed by atoms with van der Waals surface area (Å²) in [6.45, 7) is 4.06. The Morgan fingerprint density at radius 1 is 1.24 bits per heavy atom. The van der Waals surface area contributed by atoms with Crippen LogP contribution in [0.3, 0.4) is 0 Å². The van der Waals surface area contributed by atoms with Gasteiger partial charge >= 0.3 is 5.97 Å². The van der Waals surface area contributed by atoms with Gasteiger partial charge in [0.2, 0.25) is 5.91 Å². The maximum absolute atomic E-state index is 11.7. The summed E-state index contributed by atoms with van der Waals surface area (Å²) in [5, 5.41) is 60.8. The van der Waals surface area contributed by atoms with Crippen LogP contribution >= 0.6 is 0 Å². The zero-order chi connectivity index (χ0) is 22.5. The molecule has 0 aliphatic carbocycles. The fourth-order valence-electron chi connectivity index (χ4n) is 3.09. The first kappa shape index (κ1) is 25.7. The lowest BCUT2D eigenvalue weighted by Crippen LogP contribution is -2.69. The van der Waals surface area contributed by atoms with Gasteiger partial charge in [0.15, 0.2) is 12.4 Å². The molecule has 0 spiro atoms. The van der Waals surface area contributed by atoms with Gasteiger partial charge in [-0.1, -0.05) is 0 Å². The Labute approximate surface area is 168 Å². The Hall–Kier alpha value is -1.38. The summed E-state index contributed by atoms with van der Waals surface area (Å²) in [6, 6.07) is -0.996. The van der Waals surface area contributed by atoms with E-state index in [9.17, 15) is 40.2 Å². The van der Waals surface area contributed by atoms with E-state index < -0.39 is 79.6 Å². The number of amides is 1. The molecule has 29 heavy (non-hydrogen) atoms. The minimum Gasteiger partial charge on any atom is -0.479 e. The van der Waals surface area contributed by atoms with Crippen LogP contribution in [0.5, 0.6) is 0 Å². The molecule has 12 nitrogen and oxygen atoms in total. The van der Waals surface area contributed by atoms with Crippen molar-refractivity contribution in [2.45, 2.75) is 82.3 Å². The highest BCUT2D eigenvalue weighted by Crippen LogP contribution is 2.32. The molecule has 8 atom stereocenters. The van der Waals surface area contributed by atoms with Gasteiger partial charge in [0.05, 0.1) is 31.0 Å². The number of ether oxygens (including phenoxy) is 3. The molecule has 12 heteroatoms. The highest BCUT2D eigenvalue weighted by molar-refractivity contribution is 5.73. The van der Waals surface area contributed by atoms with Crippen molar-refractivity contribution in [3.05, 3.63) is 0 Å². The fraction of sp³-hybridized carbons (Fsp3) is 0.882. The molecular formula is C17H31NO11. The Balaban J connectivity index is 3.24. The van der Waals surface area contributed by atoms with E-state index in [4.69, 9.17) is 14.2 Å². The molecule has 170 valence electrons. The molecule has 1 amide bonds. The van der Waals surface area contributed by atoms with Crippen LogP contribution in [0.1, 0.15) is 27.7 Å². The Bertz CT molecular complexity index is 555. The molecule has 7 N–H and O–H groups in total. The van der Waals surface area contributed by atoms with Crippen LogP contribution in [0.2, 0.25) is 0 Å². The first-order valence-corrected chi connectivity index (χ1v) is 9.10. The van der Waals surface area contributed by atoms with Crippen LogP contribution in [0.25, 0.3) is 0 Å². The van der Waals surface area contributed by atoms with E-state index in [-0.39, 0.29) is 0 Å². The van der Waals surface area contributed by atoms with Crippen molar-refractivity contribution in [3.63, 3.8) is 0 Å². The molecular weight excluding hydrogens is 394 g/mol. The second-order valence-electron chi connectivity index (χ2n) is 7.47. The van der Waals surface area contributed by atoms with Gasteiger partial charge in [0.1, 0.15) is 24.4 Å². The van der Waals surface area contributed by atoms with Gasteiger partial charge in [0.25, 0.3) is 0 Å². The molecule has 1 heterocycles. The van der Waals surface area contributed by atoms with Gasteiger partial charge in [-0.25, -0.2) is 4.79 Å². The average molecular weight is 425 g/mol. The van der Waals surface area contributed by atoms with Gasteiger partial charge in [0, 0.05) is 6.92 Å². The second kappa shape index (κ2) is 10.6. The third-order valence-corrected chi connectivity index (χ3v) is 4.54. The van der Waals surface area contributed by atoms with Gasteiger partial charge in [-0.2, -0.15) is 0 Å². The molecule has 0 radical (unpaired) electrons. The summed E-state index contributed by atoms with van der Waals surface area (Å²) in [7, 11) is 0. The SMILES string of the molecule is CC(=O)N[C@H]1C(OC(OC(C(=O)O)[C@H](C)O)[C@@H](O)CO)C(O)C(CO)OC1(C)C. The number of aliphatic hydroxyl groups excluding tert-OH is 5.